The van der Waals surface area contributed by atoms with Crippen molar-refractivity contribution in [3.05, 3.63) is 0 Å². The third-order valence-corrected chi connectivity index (χ3v) is 2.46. The fourth-order valence-corrected chi connectivity index (χ4v) is 1.50. The van der Waals surface area contributed by atoms with E-state index in [0.717, 1.165) is 19.1 Å². The van der Waals surface area contributed by atoms with Gasteiger partial charge in [-0.15, -0.1) is 0 Å². The summed E-state index contributed by atoms with van der Waals surface area (Å²) in [7, 11) is 0. The second-order valence-electron chi connectivity index (χ2n) is 4.56. The van der Waals surface area contributed by atoms with Crippen LogP contribution in [0.15, 0.2) is 0 Å². The summed E-state index contributed by atoms with van der Waals surface area (Å²) in [6.45, 7) is 8.73. The Morgan fingerprint density at radius 1 is 0.857 bits per heavy atom. The first-order chi connectivity index (χ1) is 6.77. The van der Waals surface area contributed by atoms with E-state index in [-0.39, 0.29) is 0 Å². The van der Waals surface area contributed by atoms with Gasteiger partial charge in [0.05, 0.1) is 0 Å². The van der Waals surface area contributed by atoms with E-state index in [4.69, 9.17) is 4.74 Å². The van der Waals surface area contributed by atoms with Crippen LogP contribution >= 0.6 is 0 Å². The molecule has 0 aliphatic rings. The van der Waals surface area contributed by atoms with Crippen LogP contribution in [0.1, 0.15) is 65.7 Å². The largest absolute Gasteiger partial charge is 0.381 e. The molecule has 0 spiro atoms. The van der Waals surface area contributed by atoms with Crippen molar-refractivity contribution in [2.45, 2.75) is 65.7 Å². The number of unbranched alkanes of at least 4 members (excludes halogenated alkanes) is 4. The molecule has 0 aromatic rings. The van der Waals surface area contributed by atoms with Crippen molar-refractivity contribution in [1.82, 2.24) is 0 Å². The van der Waals surface area contributed by atoms with Gasteiger partial charge < -0.3 is 4.74 Å². The Morgan fingerprint density at radius 3 is 2.14 bits per heavy atom. The summed E-state index contributed by atoms with van der Waals surface area (Å²) in [5, 5.41) is 0. The molecule has 86 valence electrons. The summed E-state index contributed by atoms with van der Waals surface area (Å²) in [5.41, 5.74) is 0. The Labute approximate surface area is 90.2 Å². The van der Waals surface area contributed by atoms with Crippen LogP contribution in [0.2, 0.25) is 0 Å². The lowest BCUT2D eigenvalue weighted by Crippen LogP contribution is -1.99. The van der Waals surface area contributed by atoms with E-state index >= 15 is 0 Å². The quantitative estimate of drug-likeness (QED) is 0.475. The molecule has 0 amide bonds. The average molecular weight is 200 g/mol. The van der Waals surface area contributed by atoms with Crippen molar-refractivity contribution in [2.24, 2.45) is 5.92 Å². The Balaban J connectivity index is 2.85. The minimum Gasteiger partial charge on any atom is -0.381 e. The zero-order valence-electron chi connectivity index (χ0n) is 10.3. The molecule has 0 aromatic heterocycles. The molecule has 0 radical (unpaired) electrons. The Bertz CT molecular complexity index is 99.4. The maximum absolute atomic E-state index is 5.56. The molecule has 0 N–H and O–H groups in total. The van der Waals surface area contributed by atoms with Crippen molar-refractivity contribution in [1.29, 1.82) is 0 Å². The molecule has 0 fully saturated rings. The van der Waals surface area contributed by atoms with Gasteiger partial charge in [-0.2, -0.15) is 0 Å². The first-order valence-electron chi connectivity index (χ1n) is 6.35. The molecule has 0 bridgehead atoms. The van der Waals surface area contributed by atoms with Crippen LogP contribution in [0.5, 0.6) is 0 Å². The van der Waals surface area contributed by atoms with Crippen LogP contribution in [0, 0.1) is 5.92 Å². The molecule has 0 aliphatic carbocycles. The molecular formula is C13H28O. The highest BCUT2D eigenvalue weighted by molar-refractivity contribution is 4.45. The van der Waals surface area contributed by atoms with Crippen molar-refractivity contribution < 1.29 is 4.74 Å². The standard InChI is InChI=1S/C13H28O/c1-4-5-6-7-8-11-14-12-9-10-13(2)3/h13H,4-12H2,1-3H3. The minimum absolute atomic E-state index is 0.822. The molecule has 0 aromatic carbocycles. The minimum atomic E-state index is 0.822. The number of ether oxygens (including phenoxy) is 1. The monoisotopic (exact) mass is 200 g/mol. The summed E-state index contributed by atoms with van der Waals surface area (Å²) >= 11 is 0. The van der Waals surface area contributed by atoms with Crippen molar-refractivity contribution in [3.8, 4) is 0 Å². The zero-order chi connectivity index (χ0) is 10.6. The van der Waals surface area contributed by atoms with Gasteiger partial charge in [-0.3, -0.25) is 0 Å². The van der Waals surface area contributed by atoms with E-state index in [1.807, 2.05) is 0 Å². The van der Waals surface area contributed by atoms with E-state index < -0.39 is 0 Å². The lowest BCUT2D eigenvalue weighted by molar-refractivity contribution is 0.124. The predicted molar refractivity (Wildman–Crippen MR) is 63.7 cm³/mol. The topological polar surface area (TPSA) is 9.23 Å². The molecule has 1 nitrogen and oxygen atoms in total. The molecular weight excluding hydrogens is 172 g/mol. The van der Waals surface area contributed by atoms with Gasteiger partial charge in [0.25, 0.3) is 0 Å². The van der Waals surface area contributed by atoms with Gasteiger partial charge >= 0.3 is 0 Å². The fourth-order valence-electron chi connectivity index (χ4n) is 1.50. The second-order valence-corrected chi connectivity index (χ2v) is 4.56. The summed E-state index contributed by atoms with van der Waals surface area (Å²) in [5.74, 6) is 0.822. The molecule has 0 saturated heterocycles. The third-order valence-electron chi connectivity index (χ3n) is 2.46. The molecule has 14 heavy (non-hydrogen) atoms. The summed E-state index contributed by atoms with van der Waals surface area (Å²) in [4.78, 5) is 0. The van der Waals surface area contributed by atoms with Gasteiger partial charge in [0.1, 0.15) is 0 Å². The van der Waals surface area contributed by atoms with Gasteiger partial charge in [-0.1, -0.05) is 46.5 Å². The molecule has 0 heterocycles. The maximum Gasteiger partial charge on any atom is 0.0466 e. The van der Waals surface area contributed by atoms with Crippen LogP contribution < -0.4 is 0 Å². The van der Waals surface area contributed by atoms with Gasteiger partial charge in [0.15, 0.2) is 0 Å². The van der Waals surface area contributed by atoms with E-state index in [1.165, 1.54) is 44.9 Å². The highest BCUT2D eigenvalue weighted by Gasteiger charge is 1.94. The van der Waals surface area contributed by atoms with Crippen LogP contribution in [0.25, 0.3) is 0 Å². The summed E-state index contributed by atoms with van der Waals surface area (Å²) in [6, 6.07) is 0. The number of hydrogen-bond acceptors (Lipinski definition) is 1. The van der Waals surface area contributed by atoms with Crippen LogP contribution in [-0.2, 0) is 4.74 Å². The van der Waals surface area contributed by atoms with E-state index in [2.05, 4.69) is 20.8 Å². The molecule has 0 rings (SSSR count). The summed E-state index contributed by atoms with van der Waals surface area (Å²) < 4.78 is 5.56. The van der Waals surface area contributed by atoms with E-state index in [0.29, 0.717) is 0 Å². The van der Waals surface area contributed by atoms with Crippen molar-refractivity contribution in [2.75, 3.05) is 13.2 Å². The van der Waals surface area contributed by atoms with Crippen LogP contribution in [0.3, 0.4) is 0 Å². The second kappa shape index (κ2) is 11.0. The maximum atomic E-state index is 5.56. The average Bonchev–Trinajstić information content (AvgIpc) is 2.15. The van der Waals surface area contributed by atoms with Crippen LogP contribution in [-0.4, -0.2) is 13.2 Å². The third kappa shape index (κ3) is 12.0. The fraction of sp³-hybridized carbons (Fsp3) is 1.00. The van der Waals surface area contributed by atoms with Crippen molar-refractivity contribution in [3.63, 3.8) is 0 Å². The molecule has 0 aliphatic heterocycles. The lowest BCUT2D eigenvalue weighted by atomic mass is 10.1. The highest BCUT2D eigenvalue weighted by Crippen LogP contribution is 2.05. The van der Waals surface area contributed by atoms with E-state index in [9.17, 15) is 0 Å². The van der Waals surface area contributed by atoms with Gasteiger partial charge in [-0.25, -0.2) is 0 Å². The van der Waals surface area contributed by atoms with Crippen molar-refractivity contribution >= 4 is 0 Å². The number of hydrogen-bond donors (Lipinski definition) is 0. The number of rotatable bonds is 10. The normalized spacial score (nSPS) is 11.1. The van der Waals surface area contributed by atoms with Gasteiger partial charge in [0.2, 0.25) is 0 Å². The highest BCUT2D eigenvalue weighted by atomic mass is 16.5. The predicted octanol–water partition coefficient (Wildman–Crippen LogP) is 4.41. The molecule has 0 saturated carbocycles. The smallest absolute Gasteiger partial charge is 0.0466 e. The zero-order valence-corrected chi connectivity index (χ0v) is 10.3. The van der Waals surface area contributed by atoms with E-state index in [1.54, 1.807) is 0 Å². The lowest BCUT2D eigenvalue weighted by Gasteiger charge is -2.05. The molecule has 0 atom stereocenters. The molecule has 0 unspecified atom stereocenters. The Kier molecular flexibility index (Phi) is 11.0. The first-order valence-corrected chi connectivity index (χ1v) is 6.35. The first kappa shape index (κ1) is 14.0. The SMILES string of the molecule is CCCCCCCOCCCC(C)C. The Hall–Kier alpha value is -0.0400. The van der Waals surface area contributed by atoms with Gasteiger partial charge in [0, 0.05) is 13.2 Å². The summed E-state index contributed by atoms with van der Waals surface area (Å²) in [6.07, 6.45) is 9.22. The van der Waals surface area contributed by atoms with Crippen LogP contribution in [0.4, 0.5) is 0 Å². The molecule has 1 heteroatoms. The Morgan fingerprint density at radius 2 is 1.50 bits per heavy atom. The van der Waals surface area contributed by atoms with Gasteiger partial charge in [-0.05, 0) is 25.2 Å².